The van der Waals surface area contributed by atoms with Crippen LogP contribution in [0, 0.1) is 0 Å². The molecule has 0 saturated carbocycles. The van der Waals surface area contributed by atoms with Crippen LogP contribution in [0.2, 0.25) is 5.02 Å². The van der Waals surface area contributed by atoms with E-state index in [0.717, 1.165) is 34.6 Å². The number of halogens is 1. The van der Waals surface area contributed by atoms with Crippen LogP contribution in [-0.2, 0) is 6.42 Å². The monoisotopic (exact) mass is 349 g/mol. The highest BCUT2D eigenvalue weighted by atomic mass is 35.5. The van der Waals surface area contributed by atoms with Gasteiger partial charge in [0, 0.05) is 16.9 Å². The molecule has 124 valence electrons. The summed E-state index contributed by atoms with van der Waals surface area (Å²) in [6.07, 6.45) is 6.23. The second-order valence-electron chi connectivity index (χ2n) is 5.63. The number of hydrogen-bond donors (Lipinski definition) is 1. The summed E-state index contributed by atoms with van der Waals surface area (Å²) in [6, 6.07) is 13.5. The highest BCUT2D eigenvalue weighted by Crippen LogP contribution is 2.28. The average Bonchev–Trinajstić information content (AvgIpc) is 3.00. The van der Waals surface area contributed by atoms with E-state index in [4.69, 9.17) is 16.6 Å². The molecular formula is C19H16ClN5. The molecule has 0 spiro atoms. The predicted molar refractivity (Wildman–Crippen MR) is 100 cm³/mol. The Morgan fingerprint density at radius 3 is 2.88 bits per heavy atom. The third-order valence-electron chi connectivity index (χ3n) is 3.94. The minimum absolute atomic E-state index is 0.664. The molecule has 0 amide bonds. The van der Waals surface area contributed by atoms with Gasteiger partial charge < -0.3 is 5.32 Å². The number of benzene rings is 1. The van der Waals surface area contributed by atoms with E-state index in [2.05, 4.69) is 22.3 Å². The zero-order valence-electron chi connectivity index (χ0n) is 13.6. The molecule has 0 radical (unpaired) electrons. The normalized spacial score (nSPS) is 11.0. The minimum atomic E-state index is 0.664. The zero-order chi connectivity index (χ0) is 17.2. The number of rotatable bonds is 4. The molecular weight excluding hydrogens is 334 g/mol. The standard InChI is InChI=1S/C19H16ClN5/c1-2-15-19(17-8-3-4-9-25(17)24-15)16-11-21-12-18(23-16)22-14-7-5-6-13(20)10-14/h3-12H,2H2,1H3,(H,22,23). The van der Waals surface area contributed by atoms with Crippen molar-refractivity contribution in [3.05, 3.63) is 71.8 Å². The number of anilines is 2. The van der Waals surface area contributed by atoms with Gasteiger partial charge in [-0.3, -0.25) is 4.98 Å². The first-order valence-corrected chi connectivity index (χ1v) is 8.43. The van der Waals surface area contributed by atoms with Gasteiger partial charge in [0.05, 0.1) is 34.9 Å². The molecule has 0 aliphatic rings. The van der Waals surface area contributed by atoms with E-state index >= 15 is 0 Å². The van der Waals surface area contributed by atoms with Crippen LogP contribution < -0.4 is 5.32 Å². The summed E-state index contributed by atoms with van der Waals surface area (Å²) in [5, 5.41) is 8.56. The van der Waals surface area contributed by atoms with E-state index in [0.29, 0.717) is 10.8 Å². The maximum absolute atomic E-state index is 6.04. The maximum Gasteiger partial charge on any atom is 0.149 e. The Bertz CT molecular complexity index is 1040. The summed E-state index contributed by atoms with van der Waals surface area (Å²) in [5.41, 5.74) is 4.71. The molecule has 0 aliphatic carbocycles. The Labute approximate surface area is 150 Å². The number of aromatic nitrogens is 4. The Kier molecular flexibility index (Phi) is 4.07. The number of pyridine rings is 1. The molecule has 4 aromatic rings. The molecule has 1 aromatic carbocycles. The van der Waals surface area contributed by atoms with Crippen LogP contribution >= 0.6 is 11.6 Å². The second-order valence-corrected chi connectivity index (χ2v) is 6.07. The Morgan fingerprint density at radius 1 is 1.12 bits per heavy atom. The summed E-state index contributed by atoms with van der Waals surface area (Å²) < 4.78 is 1.88. The summed E-state index contributed by atoms with van der Waals surface area (Å²) >= 11 is 6.04. The van der Waals surface area contributed by atoms with Gasteiger partial charge in [0.2, 0.25) is 0 Å². The van der Waals surface area contributed by atoms with E-state index in [1.54, 1.807) is 12.4 Å². The first kappa shape index (κ1) is 15.6. The summed E-state index contributed by atoms with van der Waals surface area (Å²) in [7, 11) is 0. The number of hydrogen-bond acceptors (Lipinski definition) is 4. The van der Waals surface area contributed by atoms with Crippen molar-refractivity contribution in [3.8, 4) is 11.3 Å². The Hall–Kier alpha value is -2.92. The molecule has 5 nitrogen and oxygen atoms in total. The van der Waals surface area contributed by atoms with Crippen LogP contribution in [0.5, 0.6) is 0 Å². The highest BCUT2D eigenvalue weighted by molar-refractivity contribution is 6.30. The number of nitrogens with one attached hydrogen (secondary N) is 1. The van der Waals surface area contributed by atoms with Crippen molar-refractivity contribution in [2.75, 3.05) is 5.32 Å². The molecule has 0 aliphatic heterocycles. The van der Waals surface area contributed by atoms with Gasteiger partial charge in [-0.15, -0.1) is 0 Å². The lowest BCUT2D eigenvalue weighted by atomic mass is 10.1. The fourth-order valence-corrected chi connectivity index (χ4v) is 3.03. The molecule has 6 heteroatoms. The van der Waals surface area contributed by atoms with Gasteiger partial charge in [0.15, 0.2) is 0 Å². The van der Waals surface area contributed by atoms with Gasteiger partial charge >= 0.3 is 0 Å². The smallest absolute Gasteiger partial charge is 0.149 e. The summed E-state index contributed by atoms with van der Waals surface area (Å²) in [6.45, 7) is 2.09. The zero-order valence-corrected chi connectivity index (χ0v) is 14.4. The molecule has 0 fully saturated rings. The van der Waals surface area contributed by atoms with Crippen molar-refractivity contribution in [1.29, 1.82) is 0 Å². The Morgan fingerprint density at radius 2 is 2.04 bits per heavy atom. The van der Waals surface area contributed by atoms with Crippen LogP contribution in [0.1, 0.15) is 12.6 Å². The molecule has 4 rings (SSSR count). The summed E-state index contributed by atoms with van der Waals surface area (Å²) in [5.74, 6) is 0.664. The first-order chi connectivity index (χ1) is 12.2. The molecule has 0 bridgehead atoms. The van der Waals surface area contributed by atoms with Crippen molar-refractivity contribution >= 4 is 28.6 Å². The SMILES string of the molecule is CCc1nn2ccccc2c1-c1cncc(Nc2cccc(Cl)c2)n1. The molecule has 3 heterocycles. The molecule has 1 N–H and O–H groups in total. The van der Waals surface area contributed by atoms with Crippen molar-refractivity contribution in [2.24, 2.45) is 0 Å². The number of fused-ring (bicyclic) bond motifs is 1. The van der Waals surface area contributed by atoms with Gasteiger partial charge in [-0.2, -0.15) is 5.10 Å². The highest BCUT2D eigenvalue weighted by Gasteiger charge is 2.15. The summed E-state index contributed by atoms with van der Waals surface area (Å²) in [4.78, 5) is 9.08. The van der Waals surface area contributed by atoms with E-state index in [9.17, 15) is 0 Å². The molecule has 25 heavy (non-hydrogen) atoms. The van der Waals surface area contributed by atoms with Gasteiger partial charge in [-0.25, -0.2) is 9.50 Å². The van der Waals surface area contributed by atoms with E-state index in [1.807, 2.05) is 53.2 Å². The maximum atomic E-state index is 6.04. The van der Waals surface area contributed by atoms with Crippen molar-refractivity contribution < 1.29 is 0 Å². The average molecular weight is 350 g/mol. The topological polar surface area (TPSA) is 55.1 Å². The second kappa shape index (κ2) is 6.53. The molecule has 0 saturated heterocycles. The third-order valence-corrected chi connectivity index (χ3v) is 4.17. The van der Waals surface area contributed by atoms with Gasteiger partial charge in [0.1, 0.15) is 5.82 Å². The van der Waals surface area contributed by atoms with Crippen LogP contribution in [0.15, 0.2) is 61.1 Å². The van der Waals surface area contributed by atoms with Gasteiger partial charge in [-0.1, -0.05) is 30.7 Å². The van der Waals surface area contributed by atoms with Gasteiger partial charge in [0.25, 0.3) is 0 Å². The molecule has 0 unspecified atom stereocenters. The van der Waals surface area contributed by atoms with Crippen LogP contribution in [0.25, 0.3) is 16.8 Å². The van der Waals surface area contributed by atoms with E-state index in [1.165, 1.54) is 0 Å². The fraction of sp³-hybridized carbons (Fsp3) is 0.105. The van der Waals surface area contributed by atoms with E-state index in [-0.39, 0.29) is 0 Å². The minimum Gasteiger partial charge on any atom is -0.339 e. The lowest BCUT2D eigenvalue weighted by molar-refractivity contribution is 0.898. The van der Waals surface area contributed by atoms with Crippen LogP contribution in [0.3, 0.4) is 0 Å². The van der Waals surface area contributed by atoms with Crippen LogP contribution in [0.4, 0.5) is 11.5 Å². The molecule has 0 atom stereocenters. The molecule has 3 aromatic heterocycles. The lowest BCUT2D eigenvalue weighted by Gasteiger charge is -2.07. The van der Waals surface area contributed by atoms with E-state index < -0.39 is 0 Å². The first-order valence-electron chi connectivity index (χ1n) is 8.06. The third kappa shape index (κ3) is 3.06. The van der Waals surface area contributed by atoms with Gasteiger partial charge in [-0.05, 0) is 36.8 Å². The largest absolute Gasteiger partial charge is 0.339 e. The van der Waals surface area contributed by atoms with Crippen molar-refractivity contribution in [3.63, 3.8) is 0 Å². The Balaban J connectivity index is 1.77. The fourth-order valence-electron chi connectivity index (χ4n) is 2.83. The van der Waals surface area contributed by atoms with Crippen molar-refractivity contribution in [1.82, 2.24) is 19.6 Å². The predicted octanol–water partition coefficient (Wildman–Crippen LogP) is 4.75. The number of aryl methyl sites for hydroxylation is 1. The lowest BCUT2D eigenvalue weighted by Crippen LogP contribution is -1.97. The van der Waals surface area contributed by atoms with Crippen LogP contribution in [-0.4, -0.2) is 19.6 Å². The van der Waals surface area contributed by atoms with Crippen molar-refractivity contribution in [2.45, 2.75) is 13.3 Å². The quantitative estimate of drug-likeness (QED) is 0.577. The number of nitrogens with zero attached hydrogens (tertiary/aromatic N) is 4.